The summed E-state index contributed by atoms with van der Waals surface area (Å²) in [6, 6.07) is 15.6. The second kappa shape index (κ2) is 7.53. The molecule has 0 radical (unpaired) electrons. The van der Waals surface area contributed by atoms with Gasteiger partial charge in [0.25, 0.3) is 5.91 Å². The number of anilines is 1. The van der Waals surface area contributed by atoms with Crippen LogP contribution in [0, 0.1) is 6.92 Å². The van der Waals surface area contributed by atoms with Gasteiger partial charge >= 0.3 is 0 Å². The fourth-order valence-electron chi connectivity index (χ4n) is 2.80. The van der Waals surface area contributed by atoms with Gasteiger partial charge < -0.3 is 10.1 Å². The molecule has 2 aromatic carbocycles. The molecule has 7 heteroatoms. The Bertz CT molecular complexity index is 1070. The van der Waals surface area contributed by atoms with Crippen LogP contribution in [-0.2, 0) is 4.79 Å². The molecule has 140 valence electrons. The van der Waals surface area contributed by atoms with Crippen molar-refractivity contribution in [2.45, 2.75) is 6.92 Å². The minimum atomic E-state index is -0.217. The van der Waals surface area contributed by atoms with Gasteiger partial charge in [-0.3, -0.25) is 4.79 Å². The zero-order chi connectivity index (χ0) is 19.7. The van der Waals surface area contributed by atoms with E-state index >= 15 is 0 Å². The third-order valence-electron chi connectivity index (χ3n) is 4.34. The molecule has 2 heterocycles. The Morgan fingerprint density at radius 2 is 1.86 bits per heavy atom. The number of ether oxygens (including phenoxy) is 1. The first kappa shape index (κ1) is 18.3. The average molecular weight is 408 g/mol. The number of thiocarbonyl (C=S) groups is 1. The van der Waals surface area contributed by atoms with E-state index in [4.69, 9.17) is 17.0 Å². The molecule has 1 fully saturated rings. The lowest BCUT2D eigenvalue weighted by atomic mass is 10.1. The van der Waals surface area contributed by atoms with Gasteiger partial charge in [0.1, 0.15) is 11.4 Å². The number of rotatable bonds is 4. The first-order chi connectivity index (χ1) is 13.5. The molecule has 1 aliphatic heterocycles. The maximum Gasteiger partial charge on any atom is 0.282 e. The van der Waals surface area contributed by atoms with Crippen molar-refractivity contribution < 1.29 is 9.53 Å². The number of nitrogens with zero attached hydrogens (tertiary/aromatic N) is 2. The Balaban J connectivity index is 1.59. The van der Waals surface area contributed by atoms with Crippen LogP contribution in [-0.4, -0.2) is 23.1 Å². The van der Waals surface area contributed by atoms with Gasteiger partial charge in [0.2, 0.25) is 0 Å². The smallest absolute Gasteiger partial charge is 0.282 e. The molecule has 4 rings (SSSR count). The number of benzene rings is 2. The van der Waals surface area contributed by atoms with Crippen LogP contribution in [0.3, 0.4) is 0 Å². The van der Waals surface area contributed by atoms with Crippen molar-refractivity contribution in [3.8, 4) is 17.0 Å². The first-order valence-corrected chi connectivity index (χ1v) is 9.88. The van der Waals surface area contributed by atoms with Crippen LogP contribution < -0.4 is 15.0 Å². The zero-order valence-corrected chi connectivity index (χ0v) is 16.9. The zero-order valence-electron chi connectivity index (χ0n) is 15.3. The summed E-state index contributed by atoms with van der Waals surface area (Å²) < 4.78 is 5.16. The van der Waals surface area contributed by atoms with E-state index in [2.05, 4.69) is 10.3 Å². The van der Waals surface area contributed by atoms with Crippen molar-refractivity contribution in [1.82, 2.24) is 10.3 Å². The molecule has 3 aromatic rings. The number of thiazole rings is 1. The topological polar surface area (TPSA) is 54.5 Å². The van der Waals surface area contributed by atoms with Crippen molar-refractivity contribution >= 4 is 45.8 Å². The normalized spacial score (nSPS) is 15.2. The van der Waals surface area contributed by atoms with Crippen LogP contribution >= 0.6 is 23.6 Å². The average Bonchev–Trinajstić information content (AvgIpc) is 3.28. The van der Waals surface area contributed by atoms with E-state index in [9.17, 15) is 4.79 Å². The number of nitrogens with one attached hydrogen (secondary N) is 1. The maximum atomic E-state index is 12.9. The summed E-state index contributed by atoms with van der Waals surface area (Å²) in [6.07, 6.45) is 1.77. The summed E-state index contributed by atoms with van der Waals surface area (Å²) in [4.78, 5) is 18.9. The van der Waals surface area contributed by atoms with Crippen LogP contribution in [0.1, 0.15) is 11.1 Å². The van der Waals surface area contributed by atoms with Gasteiger partial charge in [-0.2, -0.15) is 0 Å². The van der Waals surface area contributed by atoms with Gasteiger partial charge in [0.05, 0.1) is 12.8 Å². The molecule has 28 heavy (non-hydrogen) atoms. The number of methoxy groups -OCH3 is 1. The third-order valence-corrected chi connectivity index (χ3v) is 5.45. The van der Waals surface area contributed by atoms with Crippen molar-refractivity contribution in [3.63, 3.8) is 0 Å². The highest BCUT2D eigenvalue weighted by atomic mass is 32.1. The lowest BCUT2D eigenvalue weighted by Crippen LogP contribution is -2.30. The Kier molecular flexibility index (Phi) is 4.93. The van der Waals surface area contributed by atoms with Crippen LogP contribution in [0.15, 0.2) is 59.6 Å². The molecular weight excluding hydrogens is 390 g/mol. The highest BCUT2D eigenvalue weighted by Gasteiger charge is 2.34. The maximum absolute atomic E-state index is 12.9. The molecular formula is C21H17N3O2S2. The second-order valence-corrected chi connectivity index (χ2v) is 7.51. The second-order valence-electron chi connectivity index (χ2n) is 6.28. The van der Waals surface area contributed by atoms with E-state index < -0.39 is 0 Å². The Morgan fingerprint density at radius 3 is 2.54 bits per heavy atom. The molecule has 1 saturated heterocycles. The first-order valence-electron chi connectivity index (χ1n) is 8.59. The molecule has 1 aliphatic rings. The summed E-state index contributed by atoms with van der Waals surface area (Å²) >= 11 is 6.76. The number of aromatic nitrogens is 1. The Labute approximate surface area is 172 Å². The fourth-order valence-corrected chi connectivity index (χ4v) is 3.97. The van der Waals surface area contributed by atoms with E-state index in [1.807, 2.05) is 60.8 Å². The molecule has 0 saturated carbocycles. The summed E-state index contributed by atoms with van der Waals surface area (Å²) in [5.41, 5.74) is 4.31. The molecule has 0 unspecified atom stereocenters. The van der Waals surface area contributed by atoms with Gasteiger partial charge in [0, 0.05) is 10.9 Å². The Morgan fingerprint density at radius 1 is 1.14 bits per heavy atom. The highest BCUT2D eigenvalue weighted by Crippen LogP contribution is 2.30. The monoisotopic (exact) mass is 407 g/mol. The molecule has 1 N–H and O–H groups in total. The van der Waals surface area contributed by atoms with Gasteiger partial charge in [-0.1, -0.05) is 42.0 Å². The number of hydrogen-bond acceptors (Lipinski definition) is 5. The minimum absolute atomic E-state index is 0.217. The highest BCUT2D eigenvalue weighted by molar-refractivity contribution is 7.80. The van der Waals surface area contributed by atoms with Crippen LogP contribution in [0.5, 0.6) is 5.75 Å². The fraction of sp³-hybridized carbons (Fsp3) is 0.0952. The van der Waals surface area contributed by atoms with Crippen molar-refractivity contribution in [2.75, 3.05) is 12.0 Å². The van der Waals surface area contributed by atoms with E-state index in [1.165, 1.54) is 21.8 Å². The van der Waals surface area contributed by atoms with E-state index in [0.29, 0.717) is 15.9 Å². The minimum Gasteiger partial charge on any atom is -0.497 e. The van der Waals surface area contributed by atoms with Gasteiger partial charge in [-0.05, 0) is 42.9 Å². The summed E-state index contributed by atoms with van der Waals surface area (Å²) in [5, 5.41) is 5.80. The van der Waals surface area contributed by atoms with Crippen molar-refractivity contribution in [1.29, 1.82) is 0 Å². The number of carbonyl (C=O) groups excluding carboxylic acids is 1. The quantitative estimate of drug-likeness (QED) is 0.514. The van der Waals surface area contributed by atoms with Gasteiger partial charge in [0.15, 0.2) is 10.2 Å². The van der Waals surface area contributed by atoms with Crippen molar-refractivity contribution in [2.24, 2.45) is 0 Å². The number of carbonyl (C=O) groups is 1. The van der Waals surface area contributed by atoms with E-state index in [-0.39, 0.29) is 5.91 Å². The van der Waals surface area contributed by atoms with Crippen LogP contribution in [0.25, 0.3) is 17.3 Å². The number of amides is 1. The molecule has 0 atom stereocenters. The summed E-state index contributed by atoms with van der Waals surface area (Å²) in [6.45, 7) is 2.04. The van der Waals surface area contributed by atoms with Gasteiger partial charge in [-0.15, -0.1) is 11.3 Å². The Hall–Kier alpha value is -3.03. The molecule has 1 aromatic heterocycles. The lowest BCUT2D eigenvalue weighted by molar-refractivity contribution is -0.113. The summed E-state index contributed by atoms with van der Waals surface area (Å²) in [5.74, 6) is 0.544. The molecule has 0 aliphatic carbocycles. The standard InChI is InChI=1S/C21H17N3O2S2/c1-13-3-7-15(8-4-13)18-12-28-21(23-18)24-19(25)17(22-20(24)27)11-14-5-9-16(26-2)10-6-14/h3-12H,1-2H3,(H,22,27)/b17-11-. The molecule has 5 nitrogen and oxygen atoms in total. The van der Waals surface area contributed by atoms with E-state index in [1.54, 1.807) is 13.2 Å². The predicted molar refractivity (Wildman–Crippen MR) is 116 cm³/mol. The largest absolute Gasteiger partial charge is 0.497 e. The third kappa shape index (κ3) is 3.54. The van der Waals surface area contributed by atoms with Crippen molar-refractivity contribution in [3.05, 3.63) is 70.7 Å². The van der Waals surface area contributed by atoms with Crippen LogP contribution in [0.2, 0.25) is 0 Å². The molecule has 0 spiro atoms. The SMILES string of the molecule is COc1ccc(/C=C2\NC(=S)N(c3nc(-c4ccc(C)cc4)cs3)C2=O)cc1. The lowest BCUT2D eigenvalue weighted by Gasteiger charge is -2.09. The number of aryl methyl sites for hydroxylation is 1. The predicted octanol–water partition coefficient (Wildman–Crippen LogP) is 4.39. The number of hydrogen-bond donors (Lipinski definition) is 1. The van der Waals surface area contributed by atoms with E-state index in [0.717, 1.165) is 22.6 Å². The summed E-state index contributed by atoms with van der Waals surface area (Å²) in [7, 11) is 1.62. The van der Waals surface area contributed by atoms with Gasteiger partial charge in [-0.25, -0.2) is 9.88 Å². The molecule has 0 bridgehead atoms. The molecule has 1 amide bonds. The van der Waals surface area contributed by atoms with Crippen LogP contribution in [0.4, 0.5) is 5.13 Å².